The Morgan fingerprint density at radius 3 is 2.59 bits per heavy atom. The van der Waals surface area contributed by atoms with Crippen molar-refractivity contribution < 1.29 is 18.3 Å². The Kier molecular flexibility index (Phi) is 6.40. The molecule has 1 unspecified atom stereocenters. The van der Waals surface area contributed by atoms with Gasteiger partial charge >= 0.3 is 0 Å². The van der Waals surface area contributed by atoms with Crippen molar-refractivity contribution in [2.75, 3.05) is 26.7 Å². The summed E-state index contributed by atoms with van der Waals surface area (Å²) in [6, 6.07) is 10.6. The van der Waals surface area contributed by atoms with Gasteiger partial charge in [-0.3, -0.25) is 9.69 Å². The van der Waals surface area contributed by atoms with Gasteiger partial charge in [-0.2, -0.15) is 0 Å². The number of carbonyl (C=O) groups is 1. The lowest BCUT2D eigenvalue weighted by atomic mass is 10.0. The third kappa shape index (κ3) is 4.63. The lowest BCUT2D eigenvalue weighted by Gasteiger charge is -2.35. The highest BCUT2D eigenvalue weighted by atomic mass is 19.1. The smallest absolute Gasteiger partial charge is 0.254 e. The average molecular weight is 374 g/mol. The maximum Gasteiger partial charge on any atom is 0.254 e. The van der Waals surface area contributed by atoms with Crippen molar-refractivity contribution in [3.05, 3.63) is 65.2 Å². The first-order chi connectivity index (χ1) is 13.1. The molecule has 2 aromatic carbocycles. The van der Waals surface area contributed by atoms with Crippen molar-refractivity contribution in [2.24, 2.45) is 0 Å². The number of carbonyl (C=O) groups excluding carboxylic acids is 1. The van der Waals surface area contributed by atoms with Crippen LogP contribution in [0.1, 0.15) is 41.2 Å². The highest BCUT2D eigenvalue weighted by Crippen LogP contribution is 2.31. The molecule has 27 heavy (non-hydrogen) atoms. The van der Waals surface area contributed by atoms with Crippen LogP contribution >= 0.6 is 0 Å². The Balaban J connectivity index is 1.80. The number of halogens is 2. The topological polar surface area (TPSA) is 41.6 Å². The standard InChI is InChI=1S/C21H24F2N2O2/c1-27-20-8-4-3-7-17(20)19(25-11-5-2-6-12-25)14-24-21(26)16-10-9-15(22)13-18(16)23/h3-4,7-10,13,19H,2,5-6,11-12,14H2,1H3,(H,24,26). The summed E-state index contributed by atoms with van der Waals surface area (Å²) in [5.74, 6) is -1.36. The van der Waals surface area contributed by atoms with Gasteiger partial charge in [-0.1, -0.05) is 24.6 Å². The highest BCUT2D eigenvalue weighted by Gasteiger charge is 2.26. The molecule has 1 saturated heterocycles. The molecule has 0 saturated carbocycles. The van der Waals surface area contributed by atoms with Crippen LogP contribution in [-0.2, 0) is 0 Å². The molecule has 0 aliphatic carbocycles. The van der Waals surface area contributed by atoms with Gasteiger partial charge in [0.25, 0.3) is 5.91 Å². The van der Waals surface area contributed by atoms with Crippen LogP contribution in [0.4, 0.5) is 8.78 Å². The second-order valence-electron chi connectivity index (χ2n) is 6.69. The van der Waals surface area contributed by atoms with E-state index in [1.807, 2.05) is 24.3 Å². The number of ether oxygens (including phenoxy) is 1. The fourth-order valence-corrected chi connectivity index (χ4v) is 3.57. The Morgan fingerprint density at radius 1 is 1.15 bits per heavy atom. The van der Waals surface area contributed by atoms with E-state index in [1.165, 1.54) is 12.5 Å². The van der Waals surface area contributed by atoms with Crippen LogP contribution in [-0.4, -0.2) is 37.6 Å². The van der Waals surface area contributed by atoms with E-state index in [0.717, 1.165) is 49.4 Å². The van der Waals surface area contributed by atoms with Gasteiger partial charge in [0.1, 0.15) is 17.4 Å². The van der Waals surface area contributed by atoms with E-state index >= 15 is 0 Å². The SMILES string of the molecule is COc1ccccc1C(CNC(=O)c1ccc(F)cc1F)N1CCCCC1. The number of hydrogen-bond acceptors (Lipinski definition) is 3. The predicted molar refractivity (Wildman–Crippen MR) is 99.9 cm³/mol. The number of likely N-dealkylation sites (tertiary alicyclic amines) is 1. The van der Waals surface area contributed by atoms with E-state index < -0.39 is 17.5 Å². The summed E-state index contributed by atoms with van der Waals surface area (Å²) in [6.45, 7) is 2.18. The first kappa shape index (κ1) is 19.3. The molecule has 2 aromatic rings. The number of hydrogen-bond donors (Lipinski definition) is 1. The molecule has 1 fully saturated rings. The molecule has 144 valence electrons. The Labute approximate surface area is 158 Å². The highest BCUT2D eigenvalue weighted by molar-refractivity contribution is 5.94. The molecular formula is C21H24F2N2O2. The van der Waals surface area contributed by atoms with Crippen molar-refractivity contribution in [3.8, 4) is 5.75 Å². The van der Waals surface area contributed by atoms with Gasteiger partial charge in [-0.25, -0.2) is 8.78 Å². The molecule has 1 heterocycles. The van der Waals surface area contributed by atoms with Gasteiger partial charge in [0.15, 0.2) is 0 Å². The van der Waals surface area contributed by atoms with E-state index in [9.17, 15) is 13.6 Å². The van der Waals surface area contributed by atoms with E-state index in [-0.39, 0.29) is 11.6 Å². The van der Waals surface area contributed by atoms with Crippen molar-refractivity contribution in [1.29, 1.82) is 0 Å². The summed E-state index contributed by atoms with van der Waals surface area (Å²) in [5.41, 5.74) is 0.829. The predicted octanol–water partition coefficient (Wildman–Crippen LogP) is 3.93. The number of nitrogens with zero attached hydrogens (tertiary/aromatic N) is 1. The maximum absolute atomic E-state index is 13.9. The maximum atomic E-state index is 13.9. The van der Waals surface area contributed by atoms with E-state index in [1.54, 1.807) is 7.11 Å². The third-order valence-electron chi connectivity index (χ3n) is 4.96. The van der Waals surface area contributed by atoms with Crippen molar-refractivity contribution in [3.63, 3.8) is 0 Å². The molecule has 1 N–H and O–H groups in total. The lowest BCUT2D eigenvalue weighted by molar-refractivity contribution is 0.0919. The zero-order chi connectivity index (χ0) is 19.2. The van der Waals surface area contributed by atoms with Crippen molar-refractivity contribution in [1.82, 2.24) is 10.2 Å². The van der Waals surface area contributed by atoms with Crippen LogP contribution in [0.15, 0.2) is 42.5 Å². The molecule has 6 heteroatoms. The summed E-state index contributed by atoms with van der Waals surface area (Å²) in [7, 11) is 1.62. The molecule has 0 bridgehead atoms. The number of rotatable bonds is 6. The van der Waals surface area contributed by atoms with Crippen LogP contribution < -0.4 is 10.1 Å². The summed E-state index contributed by atoms with van der Waals surface area (Å²) < 4.78 is 32.5. The molecule has 0 spiro atoms. The lowest BCUT2D eigenvalue weighted by Crippen LogP contribution is -2.41. The summed E-state index contributed by atoms with van der Waals surface area (Å²) >= 11 is 0. The first-order valence-corrected chi connectivity index (χ1v) is 9.20. The van der Waals surface area contributed by atoms with E-state index in [2.05, 4.69) is 10.2 Å². The monoisotopic (exact) mass is 374 g/mol. The third-order valence-corrected chi connectivity index (χ3v) is 4.96. The van der Waals surface area contributed by atoms with Gasteiger partial charge in [0.2, 0.25) is 0 Å². The summed E-state index contributed by atoms with van der Waals surface area (Å²) in [4.78, 5) is 14.7. The Bertz CT molecular complexity index is 792. The number of benzene rings is 2. The summed E-state index contributed by atoms with van der Waals surface area (Å²) in [5, 5.41) is 2.81. The second kappa shape index (κ2) is 8.95. The van der Waals surface area contributed by atoms with Gasteiger partial charge in [-0.05, 0) is 44.1 Å². The van der Waals surface area contributed by atoms with Crippen LogP contribution in [0.2, 0.25) is 0 Å². The fourth-order valence-electron chi connectivity index (χ4n) is 3.57. The molecule has 1 aliphatic heterocycles. The number of nitrogens with one attached hydrogen (secondary N) is 1. The first-order valence-electron chi connectivity index (χ1n) is 9.20. The zero-order valence-corrected chi connectivity index (χ0v) is 15.4. The number of methoxy groups -OCH3 is 1. The zero-order valence-electron chi connectivity index (χ0n) is 15.4. The summed E-state index contributed by atoms with van der Waals surface area (Å²) in [6.07, 6.45) is 3.40. The van der Waals surface area contributed by atoms with Gasteiger partial charge in [-0.15, -0.1) is 0 Å². The fraction of sp³-hybridized carbons (Fsp3) is 0.381. The Hall–Kier alpha value is -2.47. The minimum absolute atomic E-state index is 0.0751. The Morgan fingerprint density at radius 2 is 1.89 bits per heavy atom. The molecule has 0 radical (unpaired) electrons. The normalized spacial score (nSPS) is 16.0. The minimum atomic E-state index is -0.862. The van der Waals surface area contributed by atoms with E-state index in [4.69, 9.17) is 4.74 Å². The molecule has 1 amide bonds. The van der Waals surface area contributed by atoms with Crippen molar-refractivity contribution >= 4 is 5.91 Å². The van der Waals surface area contributed by atoms with Crippen molar-refractivity contribution in [2.45, 2.75) is 25.3 Å². The molecule has 4 nitrogen and oxygen atoms in total. The molecule has 0 aromatic heterocycles. The minimum Gasteiger partial charge on any atom is -0.496 e. The molecule has 1 atom stereocenters. The largest absolute Gasteiger partial charge is 0.496 e. The van der Waals surface area contributed by atoms with Crippen LogP contribution in [0.5, 0.6) is 5.75 Å². The van der Waals surface area contributed by atoms with E-state index in [0.29, 0.717) is 6.54 Å². The van der Waals surface area contributed by atoms with Gasteiger partial charge in [0.05, 0.1) is 18.7 Å². The second-order valence-corrected chi connectivity index (χ2v) is 6.69. The quantitative estimate of drug-likeness (QED) is 0.833. The van der Waals surface area contributed by atoms with Crippen LogP contribution in [0, 0.1) is 11.6 Å². The molecule has 1 aliphatic rings. The van der Waals surface area contributed by atoms with Crippen LogP contribution in [0.3, 0.4) is 0 Å². The average Bonchev–Trinajstić information content (AvgIpc) is 2.69. The number of amides is 1. The van der Waals surface area contributed by atoms with Gasteiger partial charge in [0, 0.05) is 18.2 Å². The van der Waals surface area contributed by atoms with Crippen LogP contribution in [0.25, 0.3) is 0 Å². The van der Waals surface area contributed by atoms with Gasteiger partial charge < -0.3 is 10.1 Å². The number of para-hydroxylation sites is 1. The molecular weight excluding hydrogens is 350 g/mol. The molecule has 3 rings (SSSR count). The number of piperidine rings is 1.